The molecule has 0 aromatic carbocycles. The third kappa shape index (κ3) is 3.28. The van der Waals surface area contributed by atoms with Gasteiger partial charge in [0.25, 0.3) is 0 Å². The van der Waals surface area contributed by atoms with Gasteiger partial charge in [-0.2, -0.15) is 4.31 Å². The second-order valence-electron chi connectivity index (χ2n) is 3.75. The van der Waals surface area contributed by atoms with Crippen LogP contribution in [0.3, 0.4) is 0 Å². The van der Waals surface area contributed by atoms with Crippen molar-refractivity contribution in [3.8, 4) is 0 Å². The molecule has 1 unspecified atom stereocenters. The third-order valence-electron chi connectivity index (χ3n) is 2.39. The first-order valence-corrected chi connectivity index (χ1v) is 7.49. The van der Waals surface area contributed by atoms with Gasteiger partial charge in [-0.1, -0.05) is 6.07 Å². The van der Waals surface area contributed by atoms with E-state index in [-0.39, 0.29) is 0 Å². The van der Waals surface area contributed by atoms with E-state index in [4.69, 9.17) is 0 Å². The number of hydrogen-bond acceptors (Lipinski definition) is 4. The molecule has 0 aliphatic heterocycles. The van der Waals surface area contributed by atoms with Gasteiger partial charge >= 0.3 is 0 Å². The molecule has 0 fully saturated rings. The Kier molecular flexibility index (Phi) is 4.91. The first-order valence-electron chi connectivity index (χ1n) is 5.10. The van der Waals surface area contributed by atoms with Crippen molar-refractivity contribution < 1.29 is 8.42 Å². The van der Waals surface area contributed by atoms with Gasteiger partial charge in [0.05, 0.1) is 5.25 Å². The lowest BCUT2D eigenvalue weighted by Gasteiger charge is -2.21. The van der Waals surface area contributed by atoms with E-state index < -0.39 is 15.3 Å². The van der Waals surface area contributed by atoms with Crippen LogP contribution < -0.4 is 5.32 Å². The van der Waals surface area contributed by atoms with Crippen molar-refractivity contribution in [1.29, 1.82) is 0 Å². The van der Waals surface area contributed by atoms with Gasteiger partial charge in [-0.3, -0.25) is 0 Å². The third-order valence-corrected chi connectivity index (χ3v) is 5.44. The highest BCUT2D eigenvalue weighted by atomic mass is 32.2. The molecule has 0 spiro atoms. The van der Waals surface area contributed by atoms with E-state index in [1.165, 1.54) is 4.31 Å². The van der Waals surface area contributed by atoms with Gasteiger partial charge in [-0.05, 0) is 25.4 Å². The van der Waals surface area contributed by atoms with E-state index in [1.807, 2.05) is 17.5 Å². The molecule has 1 aromatic heterocycles. The zero-order chi connectivity index (χ0) is 12.2. The van der Waals surface area contributed by atoms with Crippen molar-refractivity contribution in [3.63, 3.8) is 0 Å². The standard InChI is InChI=1S/C10H18N2O2S2/c1-9(7-11-2)16(13,14)12(3)8-10-5-4-6-15-10/h4-6,9,11H,7-8H2,1-3H3. The number of rotatable bonds is 6. The maximum absolute atomic E-state index is 12.0. The SMILES string of the molecule is CNCC(C)S(=O)(=O)N(C)Cc1cccs1. The molecule has 0 saturated heterocycles. The second kappa shape index (κ2) is 5.77. The lowest BCUT2D eigenvalue weighted by Crippen LogP contribution is -2.38. The topological polar surface area (TPSA) is 49.4 Å². The second-order valence-corrected chi connectivity index (χ2v) is 7.24. The summed E-state index contributed by atoms with van der Waals surface area (Å²) in [5.41, 5.74) is 0. The minimum Gasteiger partial charge on any atom is -0.318 e. The Hall–Kier alpha value is -0.430. The lowest BCUT2D eigenvalue weighted by molar-refractivity contribution is 0.458. The minimum absolute atomic E-state index is 0.400. The van der Waals surface area contributed by atoms with E-state index >= 15 is 0 Å². The van der Waals surface area contributed by atoms with Crippen molar-refractivity contribution in [3.05, 3.63) is 22.4 Å². The molecule has 0 saturated carbocycles. The number of thiophene rings is 1. The van der Waals surface area contributed by atoms with Crippen LogP contribution in [0.1, 0.15) is 11.8 Å². The number of hydrogen-bond donors (Lipinski definition) is 1. The van der Waals surface area contributed by atoms with Crippen LogP contribution in [0.5, 0.6) is 0 Å². The Balaban J connectivity index is 2.69. The molecular weight excluding hydrogens is 244 g/mol. The maximum atomic E-state index is 12.0. The first kappa shape index (κ1) is 13.6. The molecule has 0 bridgehead atoms. The molecule has 0 aliphatic carbocycles. The fourth-order valence-corrected chi connectivity index (χ4v) is 3.56. The summed E-state index contributed by atoms with van der Waals surface area (Å²) >= 11 is 1.57. The van der Waals surface area contributed by atoms with Gasteiger partial charge in [0.15, 0.2) is 0 Å². The van der Waals surface area contributed by atoms with Crippen LogP contribution in [0.15, 0.2) is 17.5 Å². The molecule has 1 N–H and O–H groups in total. The predicted octanol–water partition coefficient (Wildman–Crippen LogP) is 1.12. The number of nitrogens with zero attached hydrogens (tertiary/aromatic N) is 1. The average molecular weight is 262 g/mol. The van der Waals surface area contributed by atoms with E-state index in [2.05, 4.69) is 5.32 Å². The largest absolute Gasteiger partial charge is 0.318 e. The Bertz CT molecular complexity index is 400. The van der Waals surface area contributed by atoms with Crippen LogP contribution >= 0.6 is 11.3 Å². The molecular formula is C10H18N2O2S2. The molecule has 1 atom stereocenters. The quantitative estimate of drug-likeness (QED) is 0.836. The normalized spacial score (nSPS) is 14.2. The Morgan fingerprint density at radius 3 is 2.75 bits per heavy atom. The van der Waals surface area contributed by atoms with Gasteiger partial charge in [-0.25, -0.2) is 8.42 Å². The fraction of sp³-hybridized carbons (Fsp3) is 0.600. The van der Waals surface area contributed by atoms with Crippen molar-refractivity contribution in [2.24, 2.45) is 0 Å². The van der Waals surface area contributed by atoms with Crippen molar-refractivity contribution in [2.45, 2.75) is 18.7 Å². The summed E-state index contributed by atoms with van der Waals surface area (Å²) in [6.07, 6.45) is 0. The molecule has 16 heavy (non-hydrogen) atoms. The maximum Gasteiger partial charge on any atom is 0.218 e. The summed E-state index contributed by atoms with van der Waals surface area (Å²) in [6, 6.07) is 3.87. The van der Waals surface area contributed by atoms with Crippen LogP contribution in [0.25, 0.3) is 0 Å². The molecule has 6 heteroatoms. The fourth-order valence-electron chi connectivity index (χ4n) is 1.41. The smallest absolute Gasteiger partial charge is 0.218 e. The van der Waals surface area contributed by atoms with Crippen LogP contribution in [0.2, 0.25) is 0 Å². The van der Waals surface area contributed by atoms with E-state index in [9.17, 15) is 8.42 Å². The monoisotopic (exact) mass is 262 g/mol. The zero-order valence-electron chi connectivity index (χ0n) is 9.80. The minimum atomic E-state index is -3.20. The highest BCUT2D eigenvalue weighted by Gasteiger charge is 2.25. The van der Waals surface area contributed by atoms with E-state index in [1.54, 1.807) is 32.4 Å². The van der Waals surface area contributed by atoms with Gasteiger partial charge in [-0.15, -0.1) is 11.3 Å². The van der Waals surface area contributed by atoms with E-state index in [0.717, 1.165) is 4.88 Å². The van der Waals surface area contributed by atoms with Crippen LogP contribution in [0, 0.1) is 0 Å². The summed E-state index contributed by atoms with van der Waals surface area (Å²) in [4.78, 5) is 1.06. The molecule has 4 nitrogen and oxygen atoms in total. The highest BCUT2D eigenvalue weighted by Crippen LogP contribution is 2.15. The molecule has 0 radical (unpaired) electrons. The zero-order valence-corrected chi connectivity index (χ0v) is 11.4. The molecule has 0 amide bonds. The lowest BCUT2D eigenvalue weighted by atomic mass is 10.5. The van der Waals surface area contributed by atoms with Crippen molar-refractivity contribution in [1.82, 2.24) is 9.62 Å². The van der Waals surface area contributed by atoms with Crippen molar-refractivity contribution >= 4 is 21.4 Å². The van der Waals surface area contributed by atoms with Crippen LogP contribution in [-0.2, 0) is 16.6 Å². The molecule has 92 valence electrons. The number of nitrogens with one attached hydrogen (secondary N) is 1. The molecule has 0 aliphatic rings. The average Bonchev–Trinajstić information content (AvgIpc) is 2.70. The predicted molar refractivity (Wildman–Crippen MR) is 68.1 cm³/mol. The Morgan fingerprint density at radius 1 is 1.56 bits per heavy atom. The van der Waals surface area contributed by atoms with Crippen molar-refractivity contribution in [2.75, 3.05) is 20.6 Å². The summed E-state index contributed by atoms with van der Waals surface area (Å²) in [7, 11) is 0.182. The van der Waals surface area contributed by atoms with Gasteiger partial charge in [0, 0.05) is 25.0 Å². The van der Waals surface area contributed by atoms with E-state index in [0.29, 0.717) is 13.1 Å². The summed E-state index contributed by atoms with van der Waals surface area (Å²) in [5, 5.41) is 4.43. The van der Waals surface area contributed by atoms with Gasteiger partial charge < -0.3 is 5.32 Å². The van der Waals surface area contributed by atoms with Crippen LogP contribution in [-0.4, -0.2) is 38.6 Å². The highest BCUT2D eigenvalue weighted by molar-refractivity contribution is 7.89. The number of sulfonamides is 1. The molecule has 1 heterocycles. The molecule has 1 rings (SSSR count). The summed E-state index contributed by atoms with van der Waals surface area (Å²) in [6.45, 7) is 2.64. The Labute approximate surface area is 101 Å². The van der Waals surface area contributed by atoms with Gasteiger partial charge in [0.2, 0.25) is 10.0 Å². The van der Waals surface area contributed by atoms with Gasteiger partial charge in [0.1, 0.15) is 0 Å². The first-order chi connectivity index (χ1) is 7.48. The Morgan fingerprint density at radius 2 is 2.25 bits per heavy atom. The summed E-state index contributed by atoms with van der Waals surface area (Å²) < 4.78 is 25.5. The summed E-state index contributed by atoms with van der Waals surface area (Å²) in [5.74, 6) is 0. The molecule has 1 aromatic rings. The van der Waals surface area contributed by atoms with Crippen LogP contribution in [0.4, 0.5) is 0 Å².